The Morgan fingerprint density at radius 3 is 3.16 bits per heavy atom. The maximum Gasteiger partial charge on any atom is 0.230 e. The molecule has 2 aromatic rings. The second-order valence-electron chi connectivity index (χ2n) is 6.73. The number of hydrogen-bond acceptors (Lipinski definition) is 7. The van der Waals surface area contributed by atoms with Crippen molar-refractivity contribution in [3.63, 3.8) is 0 Å². The summed E-state index contributed by atoms with van der Waals surface area (Å²) >= 11 is 1.46. The molecule has 134 valence electrons. The number of carbonyl (C=O) groups is 1. The number of carbonyl (C=O) groups excluding carboxylic acids is 1. The summed E-state index contributed by atoms with van der Waals surface area (Å²) in [5.74, 6) is 0.580. The molecule has 0 aliphatic carbocycles. The molecule has 1 N–H and O–H groups in total. The maximum absolute atomic E-state index is 12.6. The SMILES string of the molecule is COCc1cn(C[C@H]2C[C@@H]3CCN2C[C@@H]3C(=O)Nc2nccs2)nn1. The lowest BCUT2D eigenvalue weighted by Gasteiger charge is -2.49. The molecule has 4 atom stereocenters. The van der Waals surface area contributed by atoms with Gasteiger partial charge in [0.1, 0.15) is 5.69 Å². The fourth-order valence-electron chi connectivity index (χ4n) is 3.97. The van der Waals surface area contributed by atoms with E-state index in [-0.39, 0.29) is 11.8 Å². The number of nitrogens with one attached hydrogen (secondary N) is 1. The van der Waals surface area contributed by atoms with E-state index in [4.69, 9.17) is 4.74 Å². The summed E-state index contributed by atoms with van der Waals surface area (Å²) in [6.45, 7) is 3.16. The summed E-state index contributed by atoms with van der Waals surface area (Å²) in [5.41, 5.74) is 0.846. The molecule has 3 aliphatic heterocycles. The zero-order valence-electron chi connectivity index (χ0n) is 14.2. The Labute approximate surface area is 150 Å². The topological polar surface area (TPSA) is 85.2 Å². The minimum Gasteiger partial charge on any atom is -0.378 e. The predicted octanol–water partition coefficient (Wildman–Crippen LogP) is 1.23. The molecule has 5 heterocycles. The molecule has 0 radical (unpaired) electrons. The van der Waals surface area contributed by atoms with E-state index in [9.17, 15) is 4.79 Å². The number of ether oxygens (including phenoxy) is 1. The quantitative estimate of drug-likeness (QED) is 0.832. The highest BCUT2D eigenvalue weighted by atomic mass is 32.1. The van der Waals surface area contributed by atoms with E-state index in [0.29, 0.717) is 23.7 Å². The number of methoxy groups -OCH3 is 1. The van der Waals surface area contributed by atoms with E-state index in [1.165, 1.54) is 11.3 Å². The summed E-state index contributed by atoms with van der Waals surface area (Å²) in [7, 11) is 1.65. The van der Waals surface area contributed by atoms with Crippen molar-refractivity contribution in [3.8, 4) is 0 Å². The molecule has 1 amide bonds. The van der Waals surface area contributed by atoms with E-state index < -0.39 is 0 Å². The minimum atomic E-state index is 0.0497. The molecule has 8 nitrogen and oxygen atoms in total. The zero-order valence-corrected chi connectivity index (χ0v) is 15.0. The molecule has 1 unspecified atom stereocenters. The van der Waals surface area contributed by atoms with Gasteiger partial charge >= 0.3 is 0 Å². The lowest BCUT2D eigenvalue weighted by atomic mass is 9.75. The van der Waals surface area contributed by atoms with Crippen LogP contribution in [0.15, 0.2) is 17.8 Å². The first kappa shape index (κ1) is 16.6. The summed E-state index contributed by atoms with van der Waals surface area (Å²) < 4.78 is 6.98. The van der Waals surface area contributed by atoms with Crippen LogP contribution in [0.5, 0.6) is 0 Å². The largest absolute Gasteiger partial charge is 0.378 e. The molecule has 0 aromatic carbocycles. The predicted molar refractivity (Wildman–Crippen MR) is 93.1 cm³/mol. The number of thiazole rings is 1. The molecule has 2 aromatic heterocycles. The first-order valence-corrected chi connectivity index (χ1v) is 9.43. The van der Waals surface area contributed by atoms with Crippen LogP contribution in [0.1, 0.15) is 18.5 Å². The Morgan fingerprint density at radius 1 is 1.52 bits per heavy atom. The monoisotopic (exact) mass is 362 g/mol. The third-order valence-corrected chi connectivity index (χ3v) is 5.84. The molecular formula is C16H22N6O2S. The van der Waals surface area contributed by atoms with Gasteiger partial charge in [-0.25, -0.2) is 4.98 Å². The molecule has 5 rings (SSSR count). The Kier molecular flexibility index (Phi) is 4.78. The highest BCUT2D eigenvalue weighted by molar-refractivity contribution is 7.13. The van der Waals surface area contributed by atoms with Crippen LogP contribution in [0.25, 0.3) is 0 Å². The van der Waals surface area contributed by atoms with Gasteiger partial charge in [-0.2, -0.15) is 0 Å². The van der Waals surface area contributed by atoms with Crippen molar-refractivity contribution in [1.82, 2.24) is 24.9 Å². The van der Waals surface area contributed by atoms with Gasteiger partial charge < -0.3 is 10.1 Å². The number of fused-ring (bicyclic) bond motifs is 3. The Hall–Kier alpha value is -1.84. The van der Waals surface area contributed by atoms with Crippen LogP contribution in [0.3, 0.4) is 0 Å². The van der Waals surface area contributed by atoms with Gasteiger partial charge in [-0.1, -0.05) is 5.21 Å². The van der Waals surface area contributed by atoms with Crippen LogP contribution in [0, 0.1) is 11.8 Å². The van der Waals surface area contributed by atoms with Crippen molar-refractivity contribution >= 4 is 22.4 Å². The second-order valence-corrected chi connectivity index (χ2v) is 7.63. The smallest absolute Gasteiger partial charge is 0.230 e. The molecule has 3 aliphatic rings. The van der Waals surface area contributed by atoms with Gasteiger partial charge in [-0.05, 0) is 25.3 Å². The molecule has 3 fully saturated rings. The molecular weight excluding hydrogens is 340 g/mol. The van der Waals surface area contributed by atoms with Crippen LogP contribution in [-0.4, -0.2) is 57.0 Å². The van der Waals surface area contributed by atoms with Crippen LogP contribution in [0.2, 0.25) is 0 Å². The normalized spacial score (nSPS) is 28.2. The highest BCUT2D eigenvalue weighted by Gasteiger charge is 2.43. The van der Waals surface area contributed by atoms with E-state index >= 15 is 0 Å². The fraction of sp³-hybridized carbons (Fsp3) is 0.625. The summed E-state index contributed by atoms with van der Waals surface area (Å²) in [6, 6.07) is 0.416. The van der Waals surface area contributed by atoms with Gasteiger partial charge in [0.05, 0.1) is 25.3 Å². The van der Waals surface area contributed by atoms with Crippen molar-refractivity contribution < 1.29 is 9.53 Å². The van der Waals surface area contributed by atoms with E-state index in [1.54, 1.807) is 13.3 Å². The Morgan fingerprint density at radius 2 is 2.44 bits per heavy atom. The molecule has 3 saturated heterocycles. The van der Waals surface area contributed by atoms with Gasteiger partial charge in [0.25, 0.3) is 0 Å². The standard InChI is InChI=1S/C16H22N6O2S/c1-24-10-12-7-22(20-19-12)8-13-6-11-2-4-21(13)9-14(11)15(23)18-16-17-3-5-25-16/h3,5,7,11,13-14H,2,4,6,8-10H2,1H3,(H,17,18,23)/t11-,13+,14-/m0/s1. The van der Waals surface area contributed by atoms with Crippen molar-refractivity contribution in [3.05, 3.63) is 23.5 Å². The summed E-state index contributed by atoms with van der Waals surface area (Å²) in [4.78, 5) is 19.1. The highest BCUT2D eigenvalue weighted by Crippen LogP contribution is 2.37. The number of aromatic nitrogens is 4. The first-order valence-electron chi connectivity index (χ1n) is 8.55. The van der Waals surface area contributed by atoms with E-state index in [0.717, 1.165) is 38.2 Å². The second kappa shape index (κ2) is 7.19. The average molecular weight is 362 g/mol. The average Bonchev–Trinajstić information content (AvgIpc) is 3.28. The van der Waals surface area contributed by atoms with Gasteiger partial charge in [0.2, 0.25) is 5.91 Å². The molecule has 2 bridgehead atoms. The summed E-state index contributed by atoms with van der Waals surface area (Å²) in [6.07, 6.45) is 5.76. The van der Waals surface area contributed by atoms with Crippen LogP contribution in [-0.2, 0) is 22.7 Å². The van der Waals surface area contributed by atoms with Gasteiger partial charge in [0.15, 0.2) is 5.13 Å². The lowest BCUT2D eigenvalue weighted by molar-refractivity contribution is -0.127. The number of rotatable bonds is 6. The lowest BCUT2D eigenvalue weighted by Crippen LogP contribution is -2.57. The minimum absolute atomic E-state index is 0.0497. The summed E-state index contributed by atoms with van der Waals surface area (Å²) in [5, 5.41) is 13.8. The van der Waals surface area contributed by atoms with Crippen molar-refractivity contribution in [2.24, 2.45) is 11.8 Å². The molecule has 9 heteroatoms. The maximum atomic E-state index is 12.6. The van der Waals surface area contributed by atoms with Gasteiger partial charge in [-0.3, -0.25) is 14.4 Å². The number of anilines is 1. The molecule has 0 saturated carbocycles. The number of nitrogens with zero attached hydrogens (tertiary/aromatic N) is 5. The Bertz CT molecular complexity index is 718. The van der Waals surface area contributed by atoms with Gasteiger partial charge in [-0.15, -0.1) is 16.4 Å². The fourth-order valence-corrected chi connectivity index (χ4v) is 4.50. The number of amides is 1. The first-order chi connectivity index (χ1) is 12.2. The van der Waals surface area contributed by atoms with Gasteiger partial charge in [0, 0.05) is 31.3 Å². The number of piperidine rings is 3. The zero-order chi connectivity index (χ0) is 17.2. The van der Waals surface area contributed by atoms with Crippen molar-refractivity contribution in [2.75, 3.05) is 25.5 Å². The number of hydrogen-bond donors (Lipinski definition) is 1. The van der Waals surface area contributed by atoms with Crippen LogP contribution < -0.4 is 5.32 Å². The third kappa shape index (κ3) is 3.58. The van der Waals surface area contributed by atoms with Crippen molar-refractivity contribution in [2.45, 2.75) is 32.0 Å². The van der Waals surface area contributed by atoms with Crippen LogP contribution in [0.4, 0.5) is 5.13 Å². The molecule has 25 heavy (non-hydrogen) atoms. The molecule has 0 spiro atoms. The third-order valence-electron chi connectivity index (χ3n) is 5.15. The van der Waals surface area contributed by atoms with Crippen molar-refractivity contribution in [1.29, 1.82) is 0 Å². The van der Waals surface area contributed by atoms with E-state index in [2.05, 4.69) is 25.5 Å². The van der Waals surface area contributed by atoms with E-state index in [1.807, 2.05) is 16.3 Å². The Balaban J connectivity index is 1.37. The van der Waals surface area contributed by atoms with Crippen LogP contribution >= 0.6 is 11.3 Å².